The molecule has 6 heteroatoms. The van der Waals surface area contributed by atoms with E-state index in [1.165, 1.54) is 18.2 Å². The minimum Gasteiger partial charge on any atom is -0.393 e. The van der Waals surface area contributed by atoms with Crippen molar-refractivity contribution in [2.75, 3.05) is 11.9 Å². The standard InChI is InChI=1S/C10H12FN3OS/c11-7-2-1-3-8(6-7)14-10(15)13-5-4-9(12)16/h1-3,6H,4-5H2,(H2,12,16)(H2,13,14,15). The van der Waals surface area contributed by atoms with Crippen molar-refractivity contribution in [3.8, 4) is 0 Å². The molecule has 16 heavy (non-hydrogen) atoms. The minimum absolute atomic E-state index is 0.339. The first kappa shape index (κ1) is 12.4. The quantitative estimate of drug-likeness (QED) is 0.702. The molecule has 0 spiro atoms. The summed E-state index contributed by atoms with van der Waals surface area (Å²) in [4.78, 5) is 11.6. The summed E-state index contributed by atoms with van der Waals surface area (Å²) in [7, 11) is 0. The highest BCUT2D eigenvalue weighted by molar-refractivity contribution is 7.80. The van der Waals surface area contributed by atoms with Gasteiger partial charge >= 0.3 is 6.03 Å². The average Bonchev–Trinajstić information content (AvgIpc) is 2.16. The van der Waals surface area contributed by atoms with Gasteiger partial charge in [0.15, 0.2) is 0 Å². The lowest BCUT2D eigenvalue weighted by Gasteiger charge is -2.06. The Hall–Kier alpha value is -1.69. The Kier molecular flexibility index (Phi) is 4.65. The summed E-state index contributed by atoms with van der Waals surface area (Å²) < 4.78 is 12.8. The fraction of sp³-hybridized carbons (Fsp3) is 0.200. The SMILES string of the molecule is NC(=S)CCNC(=O)Nc1cccc(F)c1. The molecule has 4 nitrogen and oxygen atoms in total. The van der Waals surface area contributed by atoms with Gasteiger partial charge in [0.05, 0.1) is 4.99 Å². The lowest BCUT2D eigenvalue weighted by molar-refractivity contribution is 0.252. The van der Waals surface area contributed by atoms with E-state index in [0.717, 1.165) is 0 Å². The van der Waals surface area contributed by atoms with Crippen LogP contribution in [-0.4, -0.2) is 17.6 Å². The fourth-order valence-electron chi connectivity index (χ4n) is 1.04. The molecule has 0 aromatic heterocycles. The van der Waals surface area contributed by atoms with Crippen molar-refractivity contribution < 1.29 is 9.18 Å². The van der Waals surface area contributed by atoms with E-state index < -0.39 is 11.8 Å². The topological polar surface area (TPSA) is 67.1 Å². The molecule has 0 radical (unpaired) electrons. The first-order valence-corrected chi connectivity index (χ1v) is 5.07. The number of amides is 2. The van der Waals surface area contributed by atoms with Crippen molar-refractivity contribution in [2.24, 2.45) is 5.73 Å². The molecule has 86 valence electrons. The van der Waals surface area contributed by atoms with Gasteiger partial charge in [-0.1, -0.05) is 18.3 Å². The maximum atomic E-state index is 12.8. The molecule has 4 N–H and O–H groups in total. The summed E-state index contributed by atoms with van der Waals surface area (Å²) in [5, 5.41) is 5.02. The molecular weight excluding hydrogens is 229 g/mol. The molecule has 0 heterocycles. The van der Waals surface area contributed by atoms with Gasteiger partial charge in [-0.2, -0.15) is 0 Å². The molecule has 0 atom stereocenters. The van der Waals surface area contributed by atoms with E-state index in [4.69, 9.17) is 5.73 Å². The van der Waals surface area contributed by atoms with Crippen LogP contribution in [0.2, 0.25) is 0 Å². The maximum absolute atomic E-state index is 12.8. The Morgan fingerprint density at radius 2 is 2.25 bits per heavy atom. The summed E-state index contributed by atoms with van der Waals surface area (Å²) in [6.45, 7) is 0.358. The smallest absolute Gasteiger partial charge is 0.319 e. The number of halogens is 1. The van der Waals surface area contributed by atoms with E-state index in [0.29, 0.717) is 23.6 Å². The number of carbonyl (C=O) groups is 1. The summed E-state index contributed by atoms with van der Waals surface area (Å²) in [5.74, 6) is -0.402. The minimum atomic E-state index is -0.415. The zero-order chi connectivity index (χ0) is 12.0. The van der Waals surface area contributed by atoms with Crippen molar-refractivity contribution >= 4 is 28.9 Å². The molecule has 0 bridgehead atoms. The molecule has 1 aromatic rings. The molecule has 2 amide bonds. The number of carbonyl (C=O) groups excluding carboxylic acids is 1. The number of urea groups is 1. The number of nitrogens with one attached hydrogen (secondary N) is 2. The summed E-state index contributed by atoms with van der Waals surface area (Å²) >= 11 is 4.65. The molecule has 1 aromatic carbocycles. The molecular formula is C10H12FN3OS. The first-order valence-electron chi connectivity index (χ1n) is 4.66. The monoisotopic (exact) mass is 241 g/mol. The summed E-state index contributed by atoms with van der Waals surface area (Å²) in [6.07, 6.45) is 0.436. The summed E-state index contributed by atoms with van der Waals surface area (Å²) in [6, 6.07) is 5.22. The highest BCUT2D eigenvalue weighted by Gasteiger charge is 2.01. The van der Waals surface area contributed by atoms with E-state index in [9.17, 15) is 9.18 Å². The Balaban J connectivity index is 2.37. The molecule has 0 saturated carbocycles. The molecule has 0 saturated heterocycles. The van der Waals surface area contributed by atoms with Crippen LogP contribution in [0.5, 0.6) is 0 Å². The Labute approximate surface area is 98.0 Å². The van der Waals surface area contributed by atoms with Crippen LogP contribution >= 0.6 is 12.2 Å². The van der Waals surface area contributed by atoms with Crippen LogP contribution in [0, 0.1) is 5.82 Å². The van der Waals surface area contributed by atoms with E-state index in [1.54, 1.807) is 6.07 Å². The number of nitrogens with two attached hydrogens (primary N) is 1. The number of rotatable bonds is 4. The fourth-order valence-corrected chi connectivity index (χ4v) is 1.14. The van der Waals surface area contributed by atoms with Crippen LogP contribution < -0.4 is 16.4 Å². The third-order valence-electron chi connectivity index (χ3n) is 1.74. The van der Waals surface area contributed by atoms with Crippen molar-refractivity contribution in [2.45, 2.75) is 6.42 Å². The zero-order valence-electron chi connectivity index (χ0n) is 8.50. The van der Waals surface area contributed by atoms with Crippen LogP contribution in [0.25, 0.3) is 0 Å². The lowest BCUT2D eigenvalue weighted by atomic mass is 10.3. The predicted molar refractivity (Wildman–Crippen MR) is 64.8 cm³/mol. The molecule has 0 aliphatic heterocycles. The number of hydrogen-bond acceptors (Lipinski definition) is 2. The maximum Gasteiger partial charge on any atom is 0.319 e. The van der Waals surface area contributed by atoms with Gasteiger partial charge in [-0.25, -0.2) is 9.18 Å². The first-order chi connectivity index (χ1) is 7.58. The summed E-state index contributed by atoms with van der Waals surface area (Å²) in [5.41, 5.74) is 5.66. The second-order valence-electron chi connectivity index (χ2n) is 3.11. The van der Waals surface area contributed by atoms with Gasteiger partial charge in [-0.3, -0.25) is 0 Å². The molecule has 1 rings (SSSR count). The highest BCUT2D eigenvalue weighted by atomic mass is 32.1. The number of anilines is 1. The Morgan fingerprint density at radius 3 is 2.88 bits per heavy atom. The van der Waals surface area contributed by atoms with E-state index >= 15 is 0 Å². The lowest BCUT2D eigenvalue weighted by Crippen LogP contribution is -2.31. The average molecular weight is 241 g/mol. The second-order valence-corrected chi connectivity index (χ2v) is 3.63. The van der Waals surface area contributed by atoms with Crippen molar-refractivity contribution in [3.63, 3.8) is 0 Å². The van der Waals surface area contributed by atoms with Gasteiger partial charge in [0.1, 0.15) is 5.82 Å². The van der Waals surface area contributed by atoms with Gasteiger partial charge in [0, 0.05) is 18.7 Å². The van der Waals surface area contributed by atoms with E-state index in [-0.39, 0.29) is 0 Å². The predicted octanol–water partition coefficient (Wildman–Crippen LogP) is 1.62. The molecule has 0 aliphatic rings. The van der Waals surface area contributed by atoms with Gasteiger partial charge in [0.25, 0.3) is 0 Å². The number of hydrogen-bond donors (Lipinski definition) is 3. The van der Waals surface area contributed by atoms with Gasteiger partial charge in [-0.15, -0.1) is 0 Å². The third-order valence-corrected chi connectivity index (χ3v) is 1.94. The van der Waals surface area contributed by atoms with Crippen LogP contribution in [0.15, 0.2) is 24.3 Å². The van der Waals surface area contributed by atoms with Crippen molar-refractivity contribution in [1.29, 1.82) is 0 Å². The van der Waals surface area contributed by atoms with Crippen molar-refractivity contribution in [3.05, 3.63) is 30.1 Å². The Morgan fingerprint density at radius 1 is 1.50 bits per heavy atom. The normalized spacial score (nSPS) is 9.56. The van der Waals surface area contributed by atoms with E-state index in [2.05, 4.69) is 22.9 Å². The van der Waals surface area contributed by atoms with Crippen LogP contribution in [0.4, 0.5) is 14.9 Å². The second kappa shape index (κ2) is 6.02. The molecule has 0 unspecified atom stereocenters. The van der Waals surface area contributed by atoms with E-state index in [1.807, 2.05) is 0 Å². The number of thiocarbonyl (C=S) groups is 1. The van der Waals surface area contributed by atoms with Gasteiger partial charge in [-0.05, 0) is 18.2 Å². The Bertz CT molecular complexity index is 397. The number of benzene rings is 1. The largest absolute Gasteiger partial charge is 0.393 e. The molecule has 0 fully saturated rings. The highest BCUT2D eigenvalue weighted by Crippen LogP contribution is 2.08. The van der Waals surface area contributed by atoms with Crippen molar-refractivity contribution in [1.82, 2.24) is 5.32 Å². The third kappa shape index (κ3) is 4.70. The van der Waals surface area contributed by atoms with Crippen LogP contribution in [-0.2, 0) is 0 Å². The van der Waals surface area contributed by atoms with Crippen LogP contribution in [0.1, 0.15) is 6.42 Å². The zero-order valence-corrected chi connectivity index (χ0v) is 9.31. The van der Waals surface area contributed by atoms with Crippen LogP contribution in [0.3, 0.4) is 0 Å². The molecule has 0 aliphatic carbocycles. The van der Waals surface area contributed by atoms with Gasteiger partial charge < -0.3 is 16.4 Å². The van der Waals surface area contributed by atoms with Gasteiger partial charge in [0.2, 0.25) is 0 Å².